The second-order valence-corrected chi connectivity index (χ2v) is 2.77. The van der Waals surface area contributed by atoms with E-state index in [-0.39, 0.29) is 0 Å². The van der Waals surface area contributed by atoms with Crippen molar-refractivity contribution in [3.63, 3.8) is 0 Å². The largest absolute Gasteiger partial charge is 0.377 e. The summed E-state index contributed by atoms with van der Waals surface area (Å²) in [5.74, 6) is 1.39. The molecular formula is C9H10N4O. The Bertz CT molecular complexity index is 398. The van der Waals surface area contributed by atoms with Crippen molar-refractivity contribution in [1.29, 1.82) is 0 Å². The molecule has 0 amide bonds. The quantitative estimate of drug-likeness (QED) is 0.784. The third-order valence-electron chi connectivity index (χ3n) is 1.75. The van der Waals surface area contributed by atoms with E-state index < -0.39 is 0 Å². The molecule has 0 aromatic carbocycles. The molecular weight excluding hydrogens is 180 g/mol. The summed E-state index contributed by atoms with van der Waals surface area (Å²) >= 11 is 0. The molecule has 0 aliphatic heterocycles. The van der Waals surface area contributed by atoms with Gasteiger partial charge in [-0.05, 0) is 12.1 Å². The van der Waals surface area contributed by atoms with Gasteiger partial charge in [0.05, 0.1) is 0 Å². The molecule has 5 nitrogen and oxygen atoms in total. The normalized spacial score (nSPS) is 10.4. The van der Waals surface area contributed by atoms with E-state index in [1.807, 2.05) is 12.1 Å². The Kier molecular flexibility index (Phi) is 2.51. The van der Waals surface area contributed by atoms with Gasteiger partial charge in [0.15, 0.2) is 11.6 Å². The second-order valence-electron chi connectivity index (χ2n) is 2.77. The minimum Gasteiger partial charge on any atom is -0.377 e. The maximum absolute atomic E-state index is 4.93. The lowest BCUT2D eigenvalue weighted by Gasteiger charge is -1.91. The highest BCUT2D eigenvalue weighted by molar-refractivity contribution is 5.52. The molecule has 0 aliphatic rings. The van der Waals surface area contributed by atoms with Gasteiger partial charge in [-0.15, -0.1) is 0 Å². The number of rotatable bonds is 3. The van der Waals surface area contributed by atoms with Crippen LogP contribution < -0.4 is 0 Å². The summed E-state index contributed by atoms with van der Waals surface area (Å²) in [4.78, 5) is 8.17. The SMILES string of the molecule is COCc1nc(-c2ccncc2)n[nH]1. The third kappa shape index (κ3) is 1.77. The van der Waals surface area contributed by atoms with Gasteiger partial charge in [0, 0.05) is 25.1 Å². The molecule has 14 heavy (non-hydrogen) atoms. The van der Waals surface area contributed by atoms with Crippen molar-refractivity contribution >= 4 is 0 Å². The highest BCUT2D eigenvalue weighted by atomic mass is 16.5. The summed E-state index contributed by atoms with van der Waals surface area (Å²) in [6, 6.07) is 3.72. The molecule has 0 aliphatic carbocycles. The van der Waals surface area contributed by atoms with Gasteiger partial charge in [-0.25, -0.2) is 4.98 Å². The van der Waals surface area contributed by atoms with Crippen LogP contribution in [-0.2, 0) is 11.3 Å². The van der Waals surface area contributed by atoms with E-state index in [1.165, 1.54) is 0 Å². The van der Waals surface area contributed by atoms with E-state index in [0.29, 0.717) is 12.4 Å². The van der Waals surface area contributed by atoms with E-state index >= 15 is 0 Å². The Hall–Kier alpha value is -1.75. The Balaban J connectivity index is 2.25. The highest BCUT2D eigenvalue weighted by Crippen LogP contribution is 2.12. The summed E-state index contributed by atoms with van der Waals surface area (Å²) in [7, 11) is 1.62. The maximum atomic E-state index is 4.93. The molecule has 0 spiro atoms. The molecule has 1 N–H and O–H groups in total. The molecule has 2 aromatic rings. The fourth-order valence-electron chi connectivity index (χ4n) is 1.13. The topological polar surface area (TPSA) is 63.7 Å². The molecule has 2 heterocycles. The fourth-order valence-corrected chi connectivity index (χ4v) is 1.13. The van der Waals surface area contributed by atoms with Crippen molar-refractivity contribution in [3.8, 4) is 11.4 Å². The summed E-state index contributed by atoms with van der Waals surface area (Å²) in [6.07, 6.45) is 3.42. The molecule has 2 rings (SSSR count). The number of pyridine rings is 1. The number of aromatic amines is 1. The lowest BCUT2D eigenvalue weighted by molar-refractivity contribution is 0.178. The molecule has 0 fully saturated rings. The van der Waals surface area contributed by atoms with Gasteiger partial charge in [0.1, 0.15) is 6.61 Å². The molecule has 0 atom stereocenters. The van der Waals surface area contributed by atoms with Gasteiger partial charge in [-0.2, -0.15) is 5.10 Å². The first-order valence-corrected chi connectivity index (χ1v) is 4.21. The van der Waals surface area contributed by atoms with Crippen molar-refractivity contribution in [2.75, 3.05) is 7.11 Å². The first-order valence-electron chi connectivity index (χ1n) is 4.21. The lowest BCUT2D eigenvalue weighted by atomic mass is 10.2. The van der Waals surface area contributed by atoms with Crippen LogP contribution in [0.4, 0.5) is 0 Å². The molecule has 2 aromatic heterocycles. The van der Waals surface area contributed by atoms with Crippen molar-refractivity contribution in [2.24, 2.45) is 0 Å². The average molecular weight is 190 g/mol. The number of methoxy groups -OCH3 is 1. The first-order chi connectivity index (χ1) is 6.90. The second kappa shape index (κ2) is 3.97. The predicted octanol–water partition coefficient (Wildman–Crippen LogP) is 1.01. The summed E-state index contributed by atoms with van der Waals surface area (Å²) < 4.78 is 4.93. The van der Waals surface area contributed by atoms with Crippen LogP contribution in [0.15, 0.2) is 24.5 Å². The van der Waals surface area contributed by atoms with E-state index in [4.69, 9.17) is 4.74 Å². The predicted molar refractivity (Wildman–Crippen MR) is 50.3 cm³/mol. The Morgan fingerprint density at radius 1 is 1.36 bits per heavy atom. The van der Waals surface area contributed by atoms with Gasteiger partial charge in [0.2, 0.25) is 0 Å². The first kappa shape index (κ1) is 8.83. The number of hydrogen-bond acceptors (Lipinski definition) is 4. The molecule has 5 heteroatoms. The fraction of sp³-hybridized carbons (Fsp3) is 0.222. The third-order valence-corrected chi connectivity index (χ3v) is 1.75. The van der Waals surface area contributed by atoms with E-state index in [9.17, 15) is 0 Å². The number of hydrogen-bond donors (Lipinski definition) is 1. The number of nitrogens with zero attached hydrogens (tertiary/aromatic N) is 3. The van der Waals surface area contributed by atoms with Crippen LogP contribution in [0.3, 0.4) is 0 Å². The monoisotopic (exact) mass is 190 g/mol. The number of ether oxygens (including phenoxy) is 1. The number of H-pyrrole nitrogens is 1. The van der Waals surface area contributed by atoms with Gasteiger partial charge < -0.3 is 4.74 Å². The van der Waals surface area contributed by atoms with E-state index in [1.54, 1.807) is 19.5 Å². The molecule has 72 valence electrons. The average Bonchev–Trinajstić information content (AvgIpc) is 2.68. The van der Waals surface area contributed by atoms with Crippen LogP contribution in [-0.4, -0.2) is 27.3 Å². The molecule has 0 radical (unpaired) electrons. The van der Waals surface area contributed by atoms with Crippen molar-refractivity contribution < 1.29 is 4.74 Å². The zero-order valence-electron chi connectivity index (χ0n) is 7.77. The van der Waals surface area contributed by atoms with E-state index in [2.05, 4.69) is 20.2 Å². The maximum Gasteiger partial charge on any atom is 0.181 e. The van der Waals surface area contributed by atoms with Crippen molar-refractivity contribution in [3.05, 3.63) is 30.4 Å². The van der Waals surface area contributed by atoms with E-state index in [0.717, 1.165) is 11.4 Å². The molecule has 0 unspecified atom stereocenters. The Morgan fingerprint density at radius 2 is 2.14 bits per heavy atom. The highest BCUT2D eigenvalue weighted by Gasteiger charge is 2.04. The van der Waals surface area contributed by atoms with Gasteiger partial charge >= 0.3 is 0 Å². The van der Waals surface area contributed by atoms with Gasteiger partial charge in [-0.1, -0.05) is 0 Å². The van der Waals surface area contributed by atoms with Crippen LogP contribution >= 0.6 is 0 Å². The standard InChI is InChI=1S/C9H10N4O/c1-14-6-8-11-9(13-12-8)7-2-4-10-5-3-7/h2-5H,6H2,1H3,(H,11,12,13). The minimum absolute atomic E-state index is 0.443. The summed E-state index contributed by atoms with van der Waals surface area (Å²) in [6.45, 7) is 0.443. The number of aromatic nitrogens is 4. The summed E-state index contributed by atoms with van der Waals surface area (Å²) in [5.41, 5.74) is 0.943. The van der Waals surface area contributed by atoms with Crippen molar-refractivity contribution in [2.45, 2.75) is 6.61 Å². The smallest absolute Gasteiger partial charge is 0.181 e. The zero-order valence-corrected chi connectivity index (χ0v) is 7.77. The molecule has 0 bridgehead atoms. The molecule has 0 saturated heterocycles. The van der Waals surface area contributed by atoms with Crippen LogP contribution in [0, 0.1) is 0 Å². The van der Waals surface area contributed by atoms with Gasteiger partial charge in [0.25, 0.3) is 0 Å². The number of nitrogens with one attached hydrogen (secondary N) is 1. The molecule has 0 saturated carbocycles. The summed E-state index contributed by atoms with van der Waals surface area (Å²) in [5, 5.41) is 6.86. The van der Waals surface area contributed by atoms with Crippen LogP contribution in [0.2, 0.25) is 0 Å². The van der Waals surface area contributed by atoms with Crippen LogP contribution in [0.5, 0.6) is 0 Å². The van der Waals surface area contributed by atoms with Crippen LogP contribution in [0.25, 0.3) is 11.4 Å². The lowest BCUT2D eigenvalue weighted by Crippen LogP contribution is -1.89. The van der Waals surface area contributed by atoms with Gasteiger partial charge in [-0.3, -0.25) is 10.1 Å². The van der Waals surface area contributed by atoms with Crippen molar-refractivity contribution in [1.82, 2.24) is 20.2 Å². The zero-order chi connectivity index (χ0) is 9.80. The van der Waals surface area contributed by atoms with Crippen LogP contribution in [0.1, 0.15) is 5.82 Å². The Labute approximate surface area is 81.2 Å². The minimum atomic E-state index is 0.443. The Morgan fingerprint density at radius 3 is 2.86 bits per heavy atom.